The Labute approximate surface area is 284 Å². The molecule has 0 aromatic rings. The highest BCUT2D eigenvalue weighted by molar-refractivity contribution is 8.45. The Hall–Kier alpha value is 2.48. The third kappa shape index (κ3) is 17.2. The van der Waals surface area contributed by atoms with Gasteiger partial charge in [-0.25, -0.2) is 0 Å². The van der Waals surface area contributed by atoms with Crippen LogP contribution in [0, 0.1) is 0 Å². The molecule has 0 N–H and O–H groups in total. The van der Waals surface area contributed by atoms with Crippen molar-refractivity contribution in [1.29, 1.82) is 0 Å². The molecule has 0 saturated heterocycles. The molecule has 2 aliphatic heterocycles. The fraction of sp³-hybridized carbons (Fsp3) is 0.750. The smallest absolute Gasteiger partial charge is 0.0717 e. The summed E-state index contributed by atoms with van der Waals surface area (Å²) in [7, 11) is 0. The third-order valence-electron chi connectivity index (χ3n) is 4.43. The molecule has 0 aromatic carbocycles. The molecule has 0 radical (unpaired) electrons. The molecule has 2 aliphatic rings. The summed E-state index contributed by atoms with van der Waals surface area (Å²) in [4.78, 5) is 0. The van der Waals surface area contributed by atoms with E-state index in [1.54, 1.807) is 0 Å². The summed E-state index contributed by atoms with van der Waals surface area (Å²) in [5, 5.41) is 20.9. The molecule has 0 bridgehead atoms. The van der Waals surface area contributed by atoms with Gasteiger partial charge in [0.25, 0.3) is 0 Å². The van der Waals surface area contributed by atoms with Crippen molar-refractivity contribution in [2.45, 2.75) is 12.8 Å². The van der Waals surface area contributed by atoms with E-state index in [9.17, 15) is 10.2 Å². The van der Waals surface area contributed by atoms with Crippen molar-refractivity contribution in [2.75, 3.05) is 101 Å². The van der Waals surface area contributed by atoms with Crippen LogP contribution in [0.1, 0.15) is 12.8 Å². The van der Waals surface area contributed by atoms with Gasteiger partial charge < -0.3 is 29.2 Å². The number of rotatable bonds is 26. The Morgan fingerprint density at radius 2 is 0.800 bits per heavy atom. The summed E-state index contributed by atoms with van der Waals surface area (Å²) < 4.78 is 30.0. The minimum atomic E-state index is -0.213. The Bertz CT molecular complexity index is 725. The normalized spacial score (nSPS) is 15.9. The van der Waals surface area contributed by atoms with Gasteiger partial charge in [0.15, 0.2) is 0 Å². The highest BCUT2D eigenvalue weighted by Gasteiger charge is 2.30. The van der Waals surface area contributed by atoms with Gasteiger partial charge in [0.05, 0.1) is 65.1 Å². The molecular formula is C24H38O6S10-2. The minimum absolute atomic E-state index is 0.213. The summed E-state index contributed by atoms with van der Waals surface area (Å²) in [6.07, 6.45) is 2.21. The zero-order valence-corrected chi connectivity index (χ0v) is 30.7. The van der Waals surface area contributed by atoms with Gasteiger partial charge in [0.1, 0.15) is 0 Å². The van der Waals surface area contributed by atoms with E-state index in [-0.39, 0.29) is 26.4 Å². The fourth-order valence-corrected chi connectivity index (χ4v) is 15.3. The zero-order valence-electron chi connectivity index (χ0n) is 22.3. The Kier molecular flexibility index (Phi) is 25.8. The molecule has 16 heteroatoms. The van der Waals surface area contributed by atoms with Crippen molar-refractivity contribution in [3.05, 3.63) is 25.4 Å². The molecule has 40 heavy (non-hydrogen) atoms. The van der Waals surface area contributed by atoms with Gasteiger partial charge in [-0.15, -0.1) is 60.3 Å². The molecule has 0 aliphatic carbocycles. The first-order chi connectivity index (χ1) is 19.7. The van der Waals surface area contributed by atoms with Crippen LogP contribution in [0.25, 0.3) is 0 Å². The second kappa shape index (κ2) is 26.7. The number of hydrogen-bond acceptors (Lipinski definition) is 16. The summed E-state index contributed by atoms with van der Waals surface area (Å²) in [6.45, 7) is 3.27. The Morgan fingerprint density at radius 1 is 0.475 bits per heavy atom. The number of ether oxygens (including phenoxy) is 4. The number of hydrogen-bond donors (Lipinski definition) is 2. The van der Waals surface area contributed by atoms with Gasteiger partial charge in [-0.3, -0.25) is 0 Å². The van der Waals surface area contributed by atoms with Crippen molar-refractivity contribution in [3.63, 3.8) is 0 Å². The van der Waals surface area contributed by atoms with Crippen LogP contribution < -0.4 is 10.2 Å². The molecule has 0 fully saturated rings. The quantitative estimate of drug-likeness (QED) is 0.0842. The minimum Gasteiger partial charge on any atom is -0.853 e. The second-order valence-corrected chi connectivity index (χ2v) is 18.5. The molecule has 0 atom stereocenters. The van der Waals surface area contributed by atoms with E-state index in [1.165, 1.54) is 25.4 Å². The molecule has 0 spiro atoms. The van der Waals surface area contributed by atoms with Crippen LogP contribution in [0.3, 0.4) is 0 Å². The van der Waals surface area contributed by atoms with Gasteiger partial charge >= 0.3 is 0 Å². The third-order valence-corrected chi connectivity index (χ3v) is 16.7. The van der Waals surface area contributed by atoms with Crippen LogP contribution in [0.5, 0.6) is 0 Å². The van der Waals surface area contributed by atoms with Crippen molar-refractivity contribution in [1.82, 2.24) is 0 Å². The maximum atomic E-state index is 10.5. The first-order valence-electron chi connectivity index (χ1n) is 12.9. The van der Waals surface area contributed by atoms with Crippen molar-refractivity contribution in [3.8, 4) is 0 Å². The van der Waals surface area contributed by atoms with Crippen molar-refractivity contribution < 1.29 is 29.2 Å². The largest absolute Gasteiger partial charge is 0.853 e. The predicted molar refractivity (Wildman–Crippen MR) is 191 cm³/mol. The van der Waals surface area contributed by atoms with E-state index in [1.807, 2.05) is 94.1 Å². The maximum Gasteiger partial charge on any atom is 0.0717 e. The zero-order chi connectivity index (χ0) is 28.7. The highest BCUT2D eigenvalue weighted by atomic mass is 32.3. The fourth-order valence-electron chi connectivity index (χ4n) is 2.67. The Morgan fingerprint density at radius 3 is 1.12 bits per heavy atom. The van der Waals surface area contributed by atoms with Gasteiger partial charge in [-0.2, -0.15) is 25.3 Å². The Balaban J connectivity index is 1.92. The predicted octanol–water partition coefficient (Wildman–Crippen LogP) is 5.69. The maximum absolute atomic E-state index is 10.5. The molecule has 6 nitrogen and oxygen atoms in total. The lowest BCUT2D eigenvalue weighted by Crippen LogP contribution is -2.15. The van der Waals surface area contributed by atoms with E-state index in [4.69, 9.17) is 18.9 Å². The SMILES string of the molecule is [O-]CCOCCOCCSC1=C(SCCOCCOCC[O-])SC(=C2SC(SCCCS)=C(SCCCS)S2)S1. The van der Waals surface area contributed by atoms with E-state index < -0.39 is 0 Å². The van der Waals surface area contributed by atoms with E-state index in [2.05, 4.69) is 25.3 Å². The highest BCUT2D eigenvalue weighted by Crippen LogP contribution is 2.66. The number of thioether (sulfide) groups is 8. The molecular weight excluding hydrogens is 705 g/mol. The summed E-state index contributed by atoms with van der Waals surface area (Å²) in [5.41, 5.74) is 0. The molecule has 0 aromatic heterocycles. The lowest BCUT2D eigenvalue weighted by Gasteiger charge is -2.08. The standard InChI is InChI=1S/C24H38O6S10/c25-3-5-27-7-9-29-11-17-35-21-22(36-18-12-30-10-8-28-6-4-26)40-24(39-21)23-37-19(33-15-1-13-31)20(38-23)34-16-2-14-32/h31-32H,1-18H2/q-2. The lowest BCUT2D eigenvalue weighted by atomic mass is 10.6. The average Bonchev–Trinajstić information content (AvgIpc) is 3.56. The van der Waals surface area contributed by atoms with E-state index in [0.29, 0.717) is 39.6 Å². The van der Waals surface area contributed by atoms with Crippen molar-refractivity contribution >= 4 is 119 Å². The topological polar surface area (TPSA) is 83.0 Å². The molecule has 0 saturated carbocycles. The summed E-state index contributed by atoms with van der Waals surface area (Å²) >= 11 is 24.0. The van der Waals surface area contributed by atoms with E-state index in [0.717, 1.165) is 47.4 Å². The first kappa shape index (κ1) is 38.7. The van der Waals surface area contributed by atoms with Crippen LogP contribution >= 0.6 is 119 Å². The van der Waals surface area contributed by atoms with Gasteiger partial charge in [0, 0.05) is 24.7 Å². The average molecular weight is 743 g/mol. The molecule has 0 unspecified atom stereocenters. The van der Waals surface area contributed by atoms with Crippen LogP contribution in [-0.2, 0) is 18.9 Å². The van der Waals surface area contributed by atoms with Crippen LogP contribution in [0.15, 0.2) is 25.4 Å². The number of thiol groups is 2. The summed E-state index contributed by atoms with van der Waals surface area (Å²) in [5.74, 6) is 5.74. The summed E-state index contributed by atoms with van der Waals surface area (Å²) in [6, 6.07) is 0. The van der Waals surface area contributed by atoms with Crippen LogP contribution in [-0.4, -0.2) is 101 Å². The molecule has 2 heterocycles. The molecule has 232 valence electrons. The van der Waals surface area contributed by atoms with Crippen LogP contribution in [0.2, 0.25) is 0 Å². The second-order valence-electron chi connectivity index (χ2n) is 7.54. The van der Waals surface area contributed by atoms with Gasteiger partial charge in [-0.05, 0) is 35.9 Å². The van der Waals surface area contributed by atoms with Crippen LogP contribution in [0.4, 0.5) is 0 Å². The monoisotopic (exact) mass is 742 g/mol. The van der Waals surface area contributed by atoms with Gasteiger partial charge in [-0.1, -0.05) is 47.0 Å². The molecule has 2 rings (SSSR count). The van der Waals surface area contributed by atoms with Crippen molar-refractivity contribution in [2.24, 2.45) is 0 Å². The van der Waals surface area contributed by atoms with E-state index >= 15 is 0 Å². The molecule has 0 amide bonds. The van der Waals surface area contributed by atoms with Gasteiger partial charge in [0.2, 0.25) is 0 Å². The lowest BCUT2D eigenvalue weighted by molar-refractivity contribution is -0.374. The first-order valence-corrected chi connectivity index (χ1v) is 21.3.